The lowest BCUT2D eigenvalue weighted by Gasteiger charge is -2.10. The summed E-state index contributed by atoms with van der Waals surface area (Å²) < 4.78 is 19.3. The molecule has 0 aliphatic carbocycles. The normalized spacial score (nSPS) is 10.8. The Morgan fingerprint density at radius 3 is 2.72 bits per heavy atom. The first-order valence-electron chi connectivity index (χ1n) is 9.19. The summed E-state index contributed by atoms with van der Waals surface area (Å²) in [5.41, 5.74) is 3.17. The third kappa shape index (κ3) is 3.94. The van der Waals surface area contributed by atoms with E-state index in [0.29, 0.717) is 18.5 Å². The Morgan fingerprint density at radius 1 is 1.10 bits per heavy atom. The number of amides is 1. The second-order valence-corrected chi connectivity index (χ2v) is 6.49. The van der Waals surface area contributed by atoms with Gasteiger partial charge in [-0.05, 0) is 59.5 Å². The van der Waals surface area contributed by atoms with Gasteiger partial charge in [-0.3, -0.25) is 4.79 Å². The second kappa shape index (κ2) is 8.10. The van der Waals surface area contributed by atoms with E-state index in [1.807, 2.05) is 25.2 Å². The number of aromatic nitrogens is 2. The summed E-state index contributed by atoms with van der Waals surface area (Å²) in [4.78, 5) is 20.5. The van der Waals surface area contributed by atoms with E-state index < -0.39 is 0 Å². The van der Waals surface area contributed by atoms with Crippen LogP contribution >= 0.6 is 0 Å². The SMILES string of the molecule is CNc1ncnc2ccc(-c3ccc(F)c(CCNC(=O)c4ccco4)c3)cc12. The molecule has 0 aliphatic rings. The van der Waals surface area contributed by atoms with Gasteiger partial charge in [0, 0.05) is 19.0 Å². The van der Waals surface area contributed by atoms with Gasteiger partial charge in [0.1, 0.15) is 18.0 Å². The molecule has 146 valence electrons. The van der Waals surface area contributed by atoms with E-state index in [1.165, 1.54) is 18.7 Å². The molecule has 29 heavy (non-hydrogen) atoms. The van der Waals surface area contributed by atoms with Crippen LogP contribution in [-0.4, -0.2) is 29.5 Å². The van der Waals surface area contributed by atoms with Crippen molar-refractivity contribution in [3.05, 3.63) is 78.3 Å². The summed E-state index contributed by atoms with van der Waals surface area (Å²) in [5.74, 6) is 0.347. The van der Waals surface area contributed by atoms with Crippen LogP contribution in [-0.2, 0) is 6.42 Å². The van der Waals surface area contributed by atoms with Gasteiger partial charge in [0.2, 0.25) is 0 Å². The van der Waals surface area contributed by atoms with Gasteiger partial charge in [-0.1, -0.05) is 12.1 Å². The molecule has 0 saturated heterocycles. The zero-order chi connectivity index (χ0) is 20.2. The summed E-state index contributed by atoms with van der Waals surface area (Å²) >= 11 is 0. The number of furan rings is 1. The second-order valence-electron chi connectivity index (χ2n) is 6.49. The molecule has 0 aliphatic heterocycles. The van der Waals surface area contributed by atoms with Crippen LogP contribution in [0.3, 0.4) is 0 Å². The smallest absolute Gasteiger partial charge is 0.286 e. The van der Waals surface area contributed by atoms with Gasteiger partial charge in [0.25, 0.3) is 5.91 Å². The van der Waals surface area contributed by atoms with Gasteiger partial charge < -0.3 is 15.1 Å². The minimum absolute atomic E-state index is 0.234. The molecule has 1 amide bonds. The lowest BCUT2D eigenvalue weighted by Crippen LogP contribution is -2.25. The maximum atomic E-state index is 14.3. The molecule has 0 spiro atoms. The number of anilines is 1. The van der Waals surface area contributed by atoms with Crippen molar-refractivity contribution >= 4 is 22.6 Å². The minimum atomic E-state index is -0.319. The number of carbonyl (C=O) groups is 1. The molecule has 0 fully saturated rings. The monoisotopic (exact) mass is 390 g/mol. The van der Waals surface area contributed by atoms with Crippen LogP contribution in [0.4, 0.5) is 10.2 Å². The molecule has 0 unspecified atom stereocenters. The summed E-state index contributed by atoms with van der Waals surface area (Å²) in [7, 11) is 1.81. The number of rotatable bonds is 6. The first kappa shape index (κ1) is 18.6. The molecule has 0 atom stereocenters. The van der Waals surface area contributed by atoms with Gasteiger partial charge in [-0.2, -0.15) is 0 Å². The topological polar surface area (TPSA) is 80.0 Å². The summed E-state index contributed by atoms with van der Waals surface area (Å²) in [6.07, 6.45) is 3.32. The van der Waals surface area contributed by atoms with E-state index in [4.69, 9.17) is 4.42 Å². The van der Waals surface area contributed by atoms with Crippen LogP contribution in [0.15, 0.2) is 65.5 Å². The predicted octanol–water partition coefficient (Wildman–Crippen LogP) is 4.04. The molecule has 0 bridgehead atoms. The van der Waals surface area contributed by atoms with Crippen molar-refractivity contribution in [2.45, 2.75) is 6.42 Å². The van der Waals surface area contributed by atoms with E-state index in [9.17, 15) is 9.18 Å². The molecule has 4 aromatic rings. The number of nitrogens with one attached hydrogen (secondary N) is 2. The van der Waals surface area contributed by atoms with Gasteiger partial charge in [-0.25, -0.2) is 14.4 Å². The van der Waals surface area contributed by atoms with E-state index in [2.05, 4.69) is 20.6 Å². The number of hydrogen-bond donors (Lipinski definition) is 2. The van der Waals surface area contributed by atoms with Crippen molar-refractivity contribution < 1.29 is 13.6 Å². The Bertz CT molecular complexity index is 1160. The average molecular weight is 390 g/mol. The lowest BCUT2D eigenvalue weighted by atomic mass is 10.00. The van der Waals surface area contributed by atoms with Crippen LogP contribution < -0.4 is 10.6 Å². The Hall–Kier alpha value is -3.74. The van der Waals surface area contributed by atoms with Crippen molar-refractivity contribution in [2.24, 2.45) is 0 Å². The molecule has 4 rings (SSSR count). The fourth-order valence-corrected chi connectivity index (χ4v) is 3.19. The van der Waals surface area contributed by atoms with Crippen LogP contribution in [0.2, 0.25) is 0 Å². The molecular weight excluding hydrogens is 371 g/mol. The van der Waals surface area contributed by atoms with Gasteiger partial charge >= 0.3 is 0 Å². The molecule has 2 aromatic heterocycles. The van der Waals surface area contributed by atoms with E-state index in [1.54, 1.807) is 24.3 Å². The molecule has 2 N–H and O–H groups in total. The highest BCUT2D eigenvalue weighted by molar-refractivity contribution is 5.92. The van der Waals surface area contributed by atoms with Gasteiger partial charge in [0.15, 0.2) is 5.76 Å². The number of nitrogens with zero attached hydrogens (tertiary/aromatic N) is 2. The Balaban J connectivity index is 1.55. The molecular formula is C22H19FN4O2. The number of halogens is 1. The standard InChI is InChI=1S/C22H19FN4O2/c1-24-21-17-12-15(5-7-19(17)26-13-27-21)14-4-6-18(23)16(11-14)8-9-25-22(28)20-3-2-10-29-20/h2-7,10-13H,8-9H2,1H3,(H,25,28)(H,24,26,27). The molecule has 7 heteroatoms. The summed E-state index contributed by atoms with van der Waals surface area (Å²) in [6, 6.07) is 14.1. The third-order valence-electron chi connectivity index (χ3n) is 4.68. The lowest BCUT2D eigenvalue weighted by molar-refractivity contribution is 0.0926. The Labute approximate surface area is 166 Å². The van der Waals surface area contributed by atoms with Crippen molar-refractivity contribution in [1.82, 2.24) is 15.3 Å². The maximum Gasteiger partial charge on any atom is 0.286 e. The molecule has 0 saturated carbocycles. The van der Waals surface area contributed by atoms with Crippen LogP contribution in [0, 0.1) is 5.82 Å². The first-order valence-corrected chi connectivity index (χ1v) is 9.19. The number of carbonyl (C=O) groups excluding carboxylic acids is 1. The highest BCUT2D eigenvalue weighted by atomic mass is 19.1. The molecule has 2 aromatic carbocycles. The van der Waals surface area contributed by atoms with E-state index >= 15 is 0 Å². The van der Waals surface area contributed by atoms with Crippen molar-refractivity contribution in [3.63, 3.8) is 0 Å². The first-order chi connectivity index (χ1) is 14.2. The largest absolute Gasteiger partial charge is 0.459 e. The quantitative estimate of drug-likeness (QED) is 0.519. The molecule has 2 heterocycles. The Kier molecular flexibility index (Phi) is 5.20. The summed E-state index contributed by atoms with van der Waals surface area (Å²) in [6.45, 7) is 0.301. The predicted molar refractivity (Wildman–Crippen MR) is 109 cm³/mol. The van der Waals surface area contributed by atoms with Crippen molar-refractivity contribution in [1.29, 1.82) is 0 Å². The zero-order valence-electron chi connectivity index (χ0n) is 15.8. The number of fused-ring (bicyclic) bond motifs is 1. The zero-order valence-corrected chi connectivity index (χ0v) is 15.8. The van der Waals surface area contributed by atoms with E-state index in [0.717, 1.165) is 27.8 Å². The maximum absolute atomic E-state index is 14.3. The molecule has 6 nitrogen and oxygen atoms in total. The fourth-order valence-electron chi connectivity index (χ4n) is 3.19. The van der Waals surface area contributed by atoms with Crippen LogP contribution in [0.25, 0.3) is 22.0 Å². The fraction of sp³-hybridized carbons (Fsp3) is 0.136. The summed E-state index contributed by atoms with van der Waals surface area (Å²) in [5, 5.41) is 6.69. The van der Waals surface area contributed by atoms with Crippen LogP contribution in [0.1, 0.15) is 16.1 Å². The highest BCUT2D eigenvalue weighted by Gasteiger charge is 2.10. The van der Waals surface area contributed by atoms with Gasteiger partial charge in [0.05, 0.1) is 11.8 Å². The number of benzene rings is 2. The Morgan fingerprint density at radius 2 is 1.93 bits per heavy atom. The van der Waals surface area contributed by atoms with E-state index in [-0.39, 0.29) is 17.5 Å². The third-order valence-corrected chi connectivity index (χ3v) is 4.68. The minimum Gasteiger partial charge on any atom is -0.459 e. The van der Waals surface area contributed by atoms with Crippen LogP contribution in [0.5, 0.6) is 0 Å². The van der Waals surface area contributed by atoms with Crippen molar-refractivity contribution in [3.8, 4) is 11.1 Å². The molecule has 0 radical (unpaired) electrons. The highest BCUT2D eigenvalue weighted by Crippen LogP contribution is 2.28. The average Bonchev–Trinajstić information content (AvgIpc) is 3.29. The van der Waals surface area contributed by atoms with Crippen molar-refractivity contribution in [2.75, 3.05) is 18.9 Å². The number of hydrogen-bond acceptors (Lipinski definition) is 5. The van der Waals surface area contributed by atoms with Gasteiger partial charge in [-0.15, -0.1) is 0 Å².